The van der Waals surface area contributed by atoms with Crippen molar-refractivity contribution in [2.24, 2.45) is 5.92 Å². The molecule has 36 heavy (non-hydrogen) atoms. The number of halogens is 1. The molecule has 0 radical (unpaired) electrons. The summed E-state index contributed by atoms with van der Waals surface area (Å²) in [5.74, 6) is -1.00. The van der Waals surface area contributed by atoms with E-state index >= 15 is 0 Å². The summed E-state index contributed by atoms with van der Waals surface area (Å²) in [6.07, 6.45) is 0.869. The minimum absolute atomic E-state index is 0.0315. The summed E-state index contributed by atoms with van der Waals surface area (Å²) in [4.78, 5) is 19.5. The lowest BCUT2D eigenvalue weighted by atomic mass is 9.99. The van der Waals surface area contributed by atoms with E-state index in [9.17, 15) is 22.7 Å². The maximum absolute atomic E-state index is 13.8. The Hall–Kier alpha value is -2.86. The zero-order valence-corrected chi connectivity index (χ0v) is 21.8. The number of carbonyl (C=O) groups is 1. The Balaban J connectivity index is 1.72. The monoisotopic (exact) mass is 533 g/mol. The number of aliphatic hydroxyl groups excluding tert-OH is 1. The van der Waals surface area contributed by atoms with Gasteiger partial charge in [0.15, 0.2) is 0 Å². The molecule has 0 aliphatic carbocycles. The second-order valence-electron chi connectivity index (χ2n) is 8.93. The molecule has 0 saturated carbocycles. The summed E-state index contributed by atoms with van der Waals surface area (Å²) in [6.45, 7) is 3.63. The van der Waals surface area contributed by atoms with Crippen molar-refractivity contribution in [3.63, 3.8) is 0 Å². The summed E-state index contributed by atoms with van der Waals surface area (Å²) in [6, 6.07) is 10.3. The first kappa shape index (κ1) is 26.2. The Morgan fingerprint density at radius 2 is 2.06 bits per heavy atom. The number of amides is 1. The standard InChI is InChI=1S/C25H28FN3O5S2/c1-16-13-29(17(2)15-30)25(31)21-11-19(18-6-4-7-20(26)10-18)12-27-24(21)34-22(16)14-28(3)36(32,33)23-8-5-9-35-23/h4-12,16-17,22,30H,13-15H2,1-3H3/t16-,17+,22-/m0/s1. The maximum Gasteiger partial charge on any atom is 0.259 e. The number of carbonyl (C=O) groups excluding carboxylic acids is 1. The number of likely N-dealkylation sites (N-methyl/N-ethyl adjacent to an activating group) is 1. The van der Waals surface area contributed by atoms with Crippen molar-refractivity contribution in [3.8, 4) is 17.0 Å². The third-order valence-corrected chi connectivity index (χ3v) is 9.47. The van der Waals surface area contributed by atoms with Gasteiger partial charge >= 0.3 is 0 Å². The normalized spacial score (nSPS) is 19.4. The summed E-state index contributed by atoms with van der Waals surface area (Å²) >= 11 is 1.13. The molecule has 2 aromatic heterocycles. The van der Waals surface area contributed by atoms with Crippen LogP contribution in [0, 0.1) is 11.7 Å². The number of ether oxygens (including phenoxy) is 1. The molecule has 3 heterocycles. The Morgan fingerprint density at radius 3 is 2.72 bits per heavy atom. The van der Waals surface area contributed by atoms with Crippen LogP contribution >= 0.6 is 11.3 Å². The molecule has 1 aliphatic rings. The molecule has 3 atom stereocenters. The zero-order valence-electron chi connectivity index (χ0n) is 20.2. The molecule has 1 amide bonds. The van der Waals surface area contributed by atoms with Gasteiger partial charge in [-0.25, -0.2) is 17.8 Å². The van der Waals surface area contributed by atoms with E-state index in [1.165, 1.54) is 29.7 Å². The van der Waals surface area contributed by atoms with Crippen LogP contribution in [0.1, 0.15) is 24.2 Å². The molecule has 3 aromatic rings. The molecule has 0 saturated heterocycles. The third kappa shape index (κ3) is 5.29. The minimum atomic E-state index is -3.71. The van der Waals surface area contributed by atoms with Crippen LogP contribution < -0.4 is 4.74 Å². The number of fused-ring (bicyclic) bond motifs is 1. The molecule has 192 valence electrons. The second kappa shape index (κ2) is 10.6. The van der Waals surface area contributed by atoms with Gasteiger partial charge in [0.1, 0.15) is 21.7 Å². The molecule has 1 aromatic carbocycles. The van der Waals surface area contributed by atoms with E-state index in [1.807, 2.05) is 6.92 Å². The maximum atomic E-state index is 13.8. The predicted octanol–water partition coefficient (Wildman–Crippen LogP) is 3.49. The van der Waals surface area contributed by atoms with Gasteiger partial charge in [-0.3, -0.25) is 4.79 Å². The summed E-state index contributed by atoms with van der Waals surface area (Å²) in [5, 5.41) is 11.5. The number of benzene rings is 1. The van der Waals surface area contributed by atoms with Crippen LogP contribution in [0.25, 0.3) is 11.1 Å². The van der Waals surface area contributed by atoms with E-state index in [4.69, 9.17) is 4.74 Å². The van der Waals surface area contributed by atoms with Gasteiger partial charge in [0.25, 0.3) is 15.9 Å². The molecule has 4 rings (SSSR count). The highest BCUT2D eigenvalue weighted by Crippen LogP contribution is 2.31. The van der Waals surface area contributed by atoms with Crippen LogP contribution in [0.5, 0.6) is 5.88 Å². The highest BCUT2D eigenvalue weighted by molar-refractivity contribution is 7.91. The first-order valence-electron chi connectivity index (χ1n) is 11.5. The molecule has 0 unspecified atom stereocenters. The van der Waals surface area contributed by atoms with Crippen molar-refractivity contribution in [3.05, 3.63) is 65.4 Å². The summed E-state index contributed by atoms with van der Waals surface area (Å²) < 4.78 is 47.5. The highest BCUT2D eigenvalue weighted by atomic mass is 32.2. The number of thiophene rings is 1. The van der Waals surface area contributed by atoms with Gasteiger partial charge in [0.2, 0.25) is 5.88 Å². The number of rotatable bonds is 7. The molecule has 1 N–H and O–H groups in total. The van der Waals surface area contributed by atoms with Gasteiger partial charge in [-0.15, -0.1) is 11.3 Å². The molecule has 0 fully saturated rings. The predicted molar refractivity (Wildman–Crippen MR) is 135 cm³/mol. The third-order valence-electron chi connectivity index (χ3n) is 6.28. The summed E-state index contributed by atoms with van der Waals surface area (Å²) in [7, 11) is -2.22. The van der Waals surface area contributed by atoms with Crippen molar-refractivity contribution in [2.75, 3.05) is 26.7 Å². The molecule has 8 nitrogen and oxygen atoms in total. The minimum Gasteiger partial charge on any atom is -0.472 e. The lowest BCUT2D eigenvalue weighted by molar-refractivity contribution is 0.0373. The largest absolute Gasteiger partial charge is 0.472 e. The molecule has 1 aliphatic heterocycles. The van der Waals surface area contributed by atoms with E-state index < -0.39 is 28.0 Å². The lowest BCUT2D eigenvalue weighted by Gasteiger charge is -2.37. The number of pyridine rings is 1. The summed E-state index contributed by atoms with van der Waals surface area (Å²) in [5.41, 5.74) is 1.25. The Bertz CT molecular complexity index is 1330. The first-order valence-corrected chi connectivity index (χ1v) is 13.8. The van der Waals surface area contributed by atoms with Crippen molar-refractivity contribution in [1.29, 1.82) is 0 Å². The van der Waals surface area contributed by atoms with Crippen LogP contribution in [0.2, 0.25) is 0 Å². The number of hydrogen-bond donors (Lipinski definition) is 1. The van der Waals surface area contributed by atoms with E-state index in [1.54, 1.807) is 47.5 Å². The Labute approximate surface area is 214 Å². The fourth-order valence-electron chi connectivity index (χ4n) is 4.06. The van der Waals surface area contributed by atoms with Crippen LogP contribution in [0.4, 0.5) is 4.39 Å². The van der Waals surface area contributed by atoms with Crippen molar-refractivity contribution < 1.29 is 27.4 Å². The molecular weight excluding hydrogens is 505 g/mol. The van der Waals surface area contributed by atoms with Gasteiger partial charge in [-0.05, 0) is 42.1 Å². The first-order chi connectivity index (χ1) is 17.1. The topological polar surface area (TPSA) is 100 Å². The van der Waals surface area contributed by atoms with E-state index in [0.717, 1.165) is 11.3 Å². The number of hydrogen-bond acceptors (Lipinski definition) is 7. The van der Waals surface area contributed by atoms with Crippen molar-refractivity contribution in [1.82, 2.24) is 14.2 Å². The van der Waals surface area contributed by atoms with E-state index in [2.05, 4.69) is 4.98 Å². The fraction of sp³-hybridized carbons (Fsp3) is 0.360. The average Bonchev–Trinajstić information content (AvgIpc) is 3.41. The van der Waals surface area contributed by atoms with Gasteiger partial charge < -0.3 is 14.7 Å². The fourth-order valence-corrected chi connectivity index (χ4v) is 6.45. The number of aliphatic hydroxyl groups is 1. The van der Waals surface area contributed by atoms with Gasteiger partial charge in [-0.2, -0.15) is 4.31 Å². The van der Waals surface area contributed by atoms with Crippen molar-refractivity contribution >= 4 is 27.3 Å². The number of sulfonamides is 1. The van der Waals surface area contributed by atoms with E-state index in [-0.39, 0.29) is 47.2 Å². The Morgan fingerprint density at radius 1 is 1.28 bits per heavy atom. The smallest absolute Gasteiger partial charge is 0.259 e. The number of nitrogens with zero attached hydrogens (tertiary/aromatic N) is 3. The van der Waals surface area contributed by atoms with Gasteiger partial charge in [0.05, 0.1) is 19.2 Å². The molecule has 0 spiro atoms. The van der Waals surface area contributed by atoms with Crippen molar-refractivity contribution in [2.45, 2.75) is 30.2 Å². The van der Waals surface area contributed by atoms with Crippen LogP contribution in [0.15, 0.2) is 58.3 Å². The van der Waals surface area contributed by atoms with Crippen LogP contribution in [-0.4, -0.2) is 72.5 Å². The van der Waals surface area contributed by atoms with E-state index in [0.29, 0.717) is 11.1 Å². The highest BCUT2D eigenvalue weighted by Gasteiger charge is 2.36. The SMILES string of the molecule is C[C@H](CO)N1C[C@H](C)[C@H](CN(C)S(=O)(=O)c2cccs2)Oc2ncc(-c3cccc(F)c3)cc2C1=O. The Kier molecular flexibility index (Phi) is 7.74. The molecule has 0 bridgehead atoms. The van der Waals surface area contributed by atoms with Crippen LogP contribution in [0.3, 0.4) is 0 Å². The molecular formula is C25H28FN3O5S2. The van der Waals surface area contributed by atoms with Gasteiger partial charge in [0, 0.05) is 31.3 Å². The lowest BCUT2D eigenvalue weighted by Crippen LogP contribution is -2.50. The zero-order chi connectivity index (χ0) is 26.0. The quantitative estimate of drug-likeness (QED) is 0.499. The van der Waals surface area contributed by atoms with Gasteiger partial charge in [-0.1, -0.05) is 25.1 Å². The van der Waals surface area contributed by atoms with Crippen LogP contribution in [-0.2, 0) is 10.0 Å². The number of aromatic nitrogens is 1. The second-order valence-corrected chi connectivity index (χ2v) is 12.1. The molecule has 11 heteroatoms. The average molecular weight is 534 g/mol.